The molecule has 2 amide bonds. The number of benzene rings is 2. The Morgan fingerprint density at radius 2 is 1.67 bits per heavy atom. The van der Waals surface area contributed by atoms with Gasteiger partial charge in [0.25, 0.3) is 11.8 Å². The number of nitrogens with zero attached hydrogens (tertiary/aromatic N) is 2. The highest BCUT2D eigenvalue weighted by molar-refractivity contribution is 6.06. The van der Waals surface area contributed by atoms with E-state index in [9.17, 15) is 9.59 Å². The predicted molar refractivity (Wildman–Crippen MR) is 134 cm³/mol. The van der Waals surface area contributed by atoms with Crippen LogP contribution in [-0.2, 0) is 0 Å². The maximum Gasteiger partial charge on any atom is 0.255 e. The molecule has 7 heteroatoms. The molecular weight excluding hydrogens is 416 g/mol. The van der Waals surface area contributed by atoms with Crippen molar-refractivity contribution in [1.29, 1.82) is 0 Å². The lowest BCUT2D eigenvalue weighted by atomic mass is 10.1. The zero-order valence-corrected chi connectivity index (χ0v) is 20.0. The number of hydrogen-bond donors (Lipinski definition) is 2. The summed E-state index contributed by atoms with van der Waals surface area (Å²) in [6.07, 6.45) is 3.47. The molecule has 0 aromatic heterocycles. The molecule has 7 nitrogen and oxygen atoms in total. The number of rotatable bonds is 10. The summed E-state index contributed by atoms with van der Waals surface area (Å²) in [5, 5.41) is 6.00. The fourth-order valence-corrected chi connectivity index (χ4v) is 4.11. The number of nitrogens with one attached hydrogen (secondary N) is 2. The van der Waals surface area contributed by atoms with Crippen LogP contribution in [0.1, 0.15) is 53.8 Å². The summed E-state index contributed by atoms with van der Waals surface area (Å²) in [5.74, 6) is 0.362. The molecule has 2 N–H and O–H groups in total. The predicted octanol–water partition coefficient (Wildman–Crippen LogP) is 4.01. The van der Waals surface area contributed by atoms with E-state index < -0.39 is 0 Å². The summed E-state index contributed by atoms with van der Waals surface area (Å²) in [4.78, 5) is 30.4. The molecule has 2 aromatic rings. The number of hydrogen-bond acceptors (Lipinski definition) is 5. The third kappa shape index (κ3) is 6.71. The Labute approximate surface area is 197 Å². The van der Waals surface area contributed by atoms with E-state index in [1.54, 1.807) is 37.4 Å². The van der Waals surface area contributed by atoms with Crippen LogP contribution in [0.15, 0.2) is 42.5 Å². The van der Waals surface area contributed by atoms with Gasteiger partial charge in [-0.3, -0.25) is 9.59 Å². The van der Waals surface area contributed by atoms with Crippen molar-refractivity contribution >= 4 is 23.2 Å². The summed E-state index contributed by atoms with van der Waals surface area (Å²) < 4.78 is 5.16. The Morgan fingerprint density at radius 3 is 2.30 bits per heavy atom. The van der Waals surface area contributed by atoms with E-state index in [1.807, 2.05) is 12.1 Å². The molecule has 178 valence electrons. The Hall–Kier alpha value is -3.06. The third-order valence-corrected chi connectivity index (χ3v) is 6.16. The minimum absolute atomic E-state index is 0.108. The second-order valence-electron chi connectivity index (χ2n) is 8.25. The minimum atomic E-state index is -0.226. The van der Waals surface area contributed by atoms with Crippen molar-refractivity contribution in [3.05, 3.63) is 53.6 Å². The van der Waals surface area contributed by atoms with Crippen LogP contribution in [0.5, 0.6) is 5.75 Å². The topological polar surface area (TPSA) is 73.9 Å². The minimum Gasteiger partial charge on any atom is -0.497 e. The van der Waals surface area contributed by atoms with Gasteiger partial charge < -0.3 is 25.2 Å². The molecule has 33 heavy (non-hydrogen) atoms. The molecule has 0 radical (unpaired) electrons. The monoisotopic (exact) mass is 452 g/mol. The quantitative estimate of drug-likeness (QED) is 0.570. The standard InChI is InChI=1S/C26H36N4O3/c1-4-29(5-2)18-15-27-26(32)23-19-21(11-14-24(23)30-16-7-6-8-17-30)28-25(31)20-9-12-22(33-3)13-10-20/h9-14,19H,4-8,15-18H2,1-3H3,(H,27,32)(H,28,31). The van der Waals surface area contributed by atoms with E-state index in [0.29, 0.717) is 29.1 Å². The summed E-state index contributed by atoms with van der Waals surface area (Å²) >= 11 is 0. The first-order valence-electron chi connectivity index (χ1n) is 11.9. The SMILES string of the molecule is CCN(CC)CCNC(=O)c1cc(NC(=O)c2ccc(OC)cc2)ccc1N1CCCCC1. The fraction of sp³-hybridized carbons (Fsp3) is 0.462. The fourth-order valence-electron chi connectivity index (χ4n) is 4.11. The van der Waals surface area contributed by atoms with Crippen LogP contribution >= 0.6 is 0 Å². The van der Waals surface area contributed by atoms with E-state index in [1.165, 1.54) is 6.42 Å². The zero-order valence-electron chi connectivity index (χ0n) is 20.0. The molecule has 0 bridgehead atoms. The number of anilines is 2. The molecule has 2 aromatic carbocycles. The van der Waals surface area contributed by atoms with Gasteiger partial charge in [0.1, 0.15) is 5.75 Å². The highest BCUT2D eigenvalue weighted by Gasteiger charge is 2.20. The molecule has 0 unspecified atom stereocenters. The van der Waals surface area contributed by atoms with Gasteiger partial charge in [-0.25, -0.2) is 0 Å². The van der Waals surface area contributed by atoms with Gasteiger partial charge in [0.05, 0.1) is 12.7 Å². The van der Waals surface area contributed by atoms with Crippen LogP contribution in [0.2, 0.25) is 0 Å². The Morgan fingerprint density at radius 1 is 0.970 bits per heavy atom. The van der Waals surface area contributed by atoms with Crippen LogP contribution in [0.3, 0.4) is 0 Å². The van der Waals surface area contributed by atoms with E-state index >= 15 is 0 Å². The van der Waals surface area contributed by atoms with Gasteiger partial charge >= 0.3 is 0 Å². The number of methoxy groups -OCH3 is 1. The first-order valence-corrected chi connectivity index (χ1v) is 11.9. The van der Waals surface area contributed by atoms with Gasteiger partial charge in [-0.1, -0.05) is 13.8 Å². The smallest absolute Gasteiger partial charge is 0.255 e. The molecule has 0 atom stereocenters. The lowest BCUT2D eigenvalue weighted by Gasteiger charge is -2.30. The van der Waals surface area contributed by atoms with Gasteiger partial charge in [0.2, 0.25) is 0 Å². The second kappa shape index (κ2) is 12.3. The number of likely N-dealkylation sites (N-methyl/N-ethyl adjacent to an activating group) is 1. The van der Waals surface area contributed by atoms with E-state index in [2.05, 4.69) is 34.3 Å². The van der Waals surface area contributed by atoms with Crippen molar-refractivity contribution < 1.29 is 14.3 Å². The maximum absolute atomic E-state index is 13.2. The van der Waals surface area contributed by atoms with Crippen molar-refractivity contribution in [2.75, 3.05) is 56.6 Å². The first-order chi connectivity index (χ1) is 16.0. The number of piperidine rings is 1. The van der Waals surface area contributed by atoms with Crippen molar-refractivity contribution in [2.45, 2.75) is 33.1 Å². The highest BCUT2D eigenvalue weighted by Crippen LogP contribution is 2.27. The van der Waals surface area contributed by atoms with E-state index in [0.717, 1.165) is 51.3 Å². The summed E-state index contributed by atoms with van der Waals surface area (Å²) in [7, 11) is 1.59. The molecule has 0 spiro atoms. The Balaban J connectivity index is 1.77. The van der Waals surface area contributed by atoms with Crippen LogP contribution in [0, 0.1) is 0 Å². The van der Waals surface area contributed by atoms with E-state index in [4.69, 9.17) is 4.74 Å². The lowest BCUT2D eigenvalue weighted by Crippen LogP contribution is -2.36. The van der Waals surface area contributed by atoms with Gasteiger partial charge in [-0.15, -0.1) is 0 Å². The van der Waals surface area contributed by atoms with Crippen LogP contribution in [-0.4, -0.2) is 63.1 Å². The molecule has 1 heterocycles. The van der Waals surface area contributed by atoms with Crippen molar-refractivity contribution in [1.82, 2.24) is 10.2 Å². The van der Waals surface area contributed by atoms with Gasteiger partial charge in [0, 0.05) is 43.1 Å². The second-order valence-corrected chi connectivity index (χ2v) is 8.25. The Kier molecular flexibility index (Phi) is 9.13. The van der Waals surface area contributed by atoms with Crippen molar-refractivity contribution in [2.24, 2.45) is 0 Å². The van der Waals surface area contributed by atoms with Crippen LogP contribution < -0.4 is 20.3 Å². The van der Waals surface area contributed by atoms with Gasteiger partial charge in [-0.2, -0.15) is 0 Å². The third-order valence-electron chi connectivity index (χ3n) is 6.16. The first kappa shape index (κ1) is 24.6. The van der Waals surface area contributed by atoms with Crippen LogP contribution in [0.4, 0.5) is 11.4 Å². The summed E-state index contributed by atoms with van der Waals surface area (Å²) in [6.45, 7) is 9.43. The number of carbonyl (C=O) groups is 2. The number of carbonyl (C=O) groups excluding carboxylic acids is 2. The van der Waals surface area contributed by atoms with Crippen molar-refractivity contribution in [3.8, 4) is 5.75 Å². The molecule has 1 aliphatic heterocycles. The molecule has 1 fully saturated rings. The zero-order chi connectivity index (χ0) is 23.6. The average Bonchev–Trinajstić information content (AvgIpc) is 2.87. The average molecular weight is 453 g/mol. The van der Waals surface area contributed by atoms with E-state index in [-0.39, 0.29) is 11.8 Å². The molecular formula is C26H36N4O3. The van der Waals surface area contributed by atoms with Gasteiger partial charge in [-0.05, 0) is 74.8 Å². The summed E-state index contributed by atoms with van der Waals surface area (Å²) in [6, 6.07) is 12.6. The van der Waals surface area contributed by atoms with Crippen molar-refractivity contribution in [3.63, 3.8) is 0 Å². The largest absolute Gasteiger partial charge is 0.497 e. The normalized spacial score (nSPS) is 13.6. The molecule has 1 aliphatic rings. The molecule has 1 saturated heterocycles. The number of amides is 2. The molecule has 3 rings (SSSR count). The summed E-state index contributed by atoms with van der Waals surface area (Å²) in [5.41, 5.74) is 2.66. The Bertz CT molecular complexity index is 920. The van der Waals surface area contributed by atoms with Crippen LogP contribution in [0.25, 0.3) is 0 Å². The maximum atomic E-state index is 13.2. The van der Waals surface area contributed by atoms with Gasteiger partial charge in [0.15, 0.2) is 0 Å². The molecule has 0 aliphatic carbocycles. The lowest BCUT2D eigenvalue weighted by molar-refractivity contribution is 0.0948. The number of ether oxygens (including phenoxy) is 1. The molecule has 0 saturated carbocycles. The highest BCUT2D eigenvalue weighted by atomic mass is 16.5.